The van der Waals surface area contributed by atoms with Gasteiger partial charge in [-0.2, -0.15) is 0 Å². The molecule has 1 aliphatic carbocycles. The molecule has 0 spiro atoms. The summed E-state index contributed by atoms with van der Waals surface area (Å²) >= 11 is 0. The summed E-state index contributed by atoms with van der Waals surface area (Å²) in [4.78, 5) is 58.4. The molecular weight excluding hydrogens is 538 g/mol. The number of hydrogen-bond donors (Lipinski definition) is 1. The summed E-state index contributed by atoms with van der Waals surface area (Å²) in [6.07, 6.45) is 6.60. The number of nitrogens with zero attached hydrogens (tertiary/aromatic N) is 2. The molecule has 2 aliphatic heterocycles. The minimum atomic E-state index is -0.740. The van der Waals surface area contributed by atoms with Gasteiger partial charge >= 0.3 is 0 Å². The van der Waals surface area contributed by atoms with Gasteiger partial charge in [0.15, 0.2) is 5.78 Å². The Morgan fingerprint density at radius 1 is 0.744 bits per heavy atom. The van der Waals surface area contributed by atoms with E-state index in [1.165, 1.54) is 6.42 Å². The van der Waals surface area contributed by atoms with E-state index in [-0.39, 0.29) is 36.1 Å². The highest BCUT2D eigenvalue weighted by molar-refractivity contribution is 6.03. The lowest BCUT2D eigenvalue weighted by molar-refractivity contribution is -0.140. The molecule has 3 amide bonds. The van der Waals surface area contributed by atoms with Gasteiger partial charge in [-0.1, -0.05) is 111 Å². The number of Topliss-reactive ketones (excluding diaryl/α,β-unsaturated/α-hetero) is 1. The molecule has 2 heterocycles. The highest BCUT2D eigenvalue weighted by atomic mass is 16.2. The Bertz CT molecular complexity index is 1400. The Hall–Kier alpha value is -4.26. The van der Waals surface area contributed by atoms with Gasteiger partial charge in [0.1, 0.15) is 12.1 Å². The zero-order chi connectivity index (χ0) is 29.8. The van der Waals surface area contributed by atoms with Crippen LogP contribution in [0.1, 0.15) is 72.3 Å². The van der Waals surface area contributed by atoms with Crippen LogP contribution < -0.4 is 5.32 Å². The number of rotatable bonds is 8. The highest BCUT2D eigenvalue weighted by Crippen LogP contribution is 2.34. The number of likely N-dealkylation sites (tertiary alicyclic amines) is 2. The summed E-state index contributed by atoms with van der Waals surface area (Å²) in [6.45, 7) is 0.382. The fourth-order valence-corrected chi connectivity index (χ4v) is 7.30. The van der Waals surface area contributed by atoms with Gasteiger partial charge in [-0.3, -0.25) is 19.2 Å². The average molecular weight is 578 g/mol. The predicted molar refractivity (Wildman–Crippen MR) is 164 cm³/mol. The molecule has 2 saturated heterocycles. The number of amides is 3. The summed E-state index contributed by atoms with van der Waals surface area (Å²) in [5, 5.41) is 3.17. The molecule has 3 atom stereocenters. The SMILES string of the molecule is O=C(N[C@@H](CC1CCCCC1)C(=O)N1CC[C@@H]2C1C(=O)CN2C(=O)c1ccccc1)C(c1ccccc1)c1ccccc1. The van der Waals surface area contributed by atoms with Crippen molar-refractivity contribution < 1.29 is 19.2 Å². The Kier molecular flexibility index (Phi) is 8.68. The molecule has 7 heteroatoms. The molecule has 0 aromatic heterocycles. The second-order valence-corrected chi connectivity index (χ2v) is 12.2. The molecular formula is C36H39N3O4. The number of carbonyl (C=O) groups is 4. The summed E-state index contributed by atoms with van der Waals surface area (Å²) in [7, 11) is 0. The molecule has 1 saturated carbocycles. The minimum Gasteiger partial charge on any atom is -0.343 e. The van der Waals surface area contributed by atoms with Crippen LogP contribution >= 0.6 is 0 Å². The van der Waals surface area contributed by atoms with Crippen LogP contribution in [0.4, 0.5) is 0 Å². The molecule has 1 unspecified atom stereocenters. The first-order valence-corrected chi connectivity index (χ1v) is 15.6. The van der Waals surface area contributed by atoms with Gasteiger partial charge in [0.05, 0.1) is 18.5 Å². The van der Waals surface area contributed by atoms with Gasteiger partial charge in [0, 0.05) is 12.1 Å². The van der Waals surface area contributed by atoms with Gasteiger partial charge in [0.25, 0.3) is 5.91 Å². The molecule has 3 aromatic rings. The van der Waals surface area contributed by atoms with Gasteiger partial charge in [-0.15, -0.1) is 0 Å². The van der Waals surface area contributed by atoms with Crippen LogP contribution in [0.2, 0.25) is 0 Å². The van der Waals surface area contributed by atoms with Crippen LogP contribution in [0, 0.1) is 5.92 Å². The van der Waals surface area contributed by atoms with Crippen molar-refractivity contribution in [2.45, 2.75) is 69.0 Å². The summed E-state index contributed by atoms with van der Waals surface area (Å²) < 4.78 is 0. The molecule has 0 radical (unpaired) electrons. The summed E-state index contributed by atoms with van der Waals surface area (Å²) in [5.74, 6) is -0.966. The van der Waals surface area contributed by atoms with E-state index in [9.17, 15) is 19.2 Å². The van der Waals surface area contributed by atoms with E-state index in [2.05, 4.69) is 5.32 Å². The van der Waals surface area contributed by atoms with Gasteiger partial charge in [0.2, 0.25) is 11.8 Å². The van der Waals surface area contributed by atoms with Gasteiger partial charge in [-0.25, -0.2) is 0 Å². The minimum absolute atomic E-state index is 0.00339. The zero-order valence-electron chi connectivity index (χ0n) is 24.4. The molecule has 43 heavy (non-hydrogen) atoms. The lowest BCUT2D eigenvalue weighted by Gasteiger charge is -2.32. The van der Waals surface area contributed by atoms with E-state index < -0.39 is 18.0 Å². The van der Waals surface area contributed by atoms with Crippen molar-refractivity contribution in [3.05, 3.63) is 108 Å². The van der Waals surface area contributed by atoms with Crippen LogP contribution in [0.5, 0.6) is 0 Å². The largest absolute Gasteiger partial charge is 0.343 e. The van der Waals surface area contributed by atoms with E-state index in [1.54, 1.807) is 21.9 Å². The van der Waals surface area contributed by atoms with Crippen molar-refractivity contribution in [2.24, 2.45) is 5.92 Å². The van der Waals surface area contributed by atoms with Crippen LogP contribution in [-0.2, 0) is 14.4 Å². The number of fused-ring (bicyclic) bond motifs is 1. The molecule has 7 nitrogen and oxygen atoms in total. The smallest absolute Gasteiger partial charge is 0.254 e. The number of ketones is 1. The van der Waals surface area contributed by atoms with Crippen molar-refractivity contribution in [3.8, 4) is 0 Å². The van der Waals surface area contributed by atoms with Gasteiger partial charge in [-0.05, 0) is 42.0 Å². The number of hydrogen-bond acceptors (Lipinski definition) is 4. The third-order valence-electron chi connectivity index (χ3n) is 9.42. The monoisotopic (exact) mass is 577 g/mol. The van der Waals surface area contributed by atoms with Crippen LogP contribution in [0.3, 0.4) is 0 Å². The third-order valence-corrected chi connectivity index (χ3v) is 9.42. The maximum absolute atomic E-state index is 14.3. The Morgan fingerprint density at radius 2 is 1.33 bits per heavy atom. The van der Waals surface area contributed by atoms with E-state index in [4.69, 9.17) is 0 Å². The van der Waals surface area contributed by atoms with E-state index in [1.807, 2.05) is 78.9 Å². The lowest BCUT2D eigenvalue weighted by atomic mass is 9.84. The fraction of sp³-hybridized carbons (Fsp3) is 0.389. The first-order valence-electron chi connectivity index (χ1n) is 15.6. The van der Waals surface area contributed by atoms with E-state index >= 15 is 0 Å². The second-order valence-electron chi connectivity index (χ2n) is 12.2. The molecule has 222 valence electrons. The Labute approximate surface area is 253 Å². The van der Waals surface area contributed by atoms with E-state index in [0.29, 0.717) is 30.9 Å². The third kappa shape index (κ3) is 6.12. The molecule has 0 bridgehead atoms. The van der Waals surface area contributed by atoms with Crippen molar-refractivity contribution >= 4 is 23.5 Å². The maximum atomic E-state index is 14.3. The quantitative estimate of drug-likeness (QED) is 0.410. The summed E-state index contributed by atoms with van der Waals surface area (Å²) in [6, 6.07) is 26.5. The van der Waals surface area contributed by atoms with Crippen molar-refractivity contribution in [1.82, 2.24) is 15.1 Å². The molecule has 3 fully saturated rings. The van der Waals surface area contributed by atoms with Crippen molar-refractivity contribution in [1.29, 1.82) is 0 Å². The molecule has 1 N–H and O–H groups in total. The molecule has 3 aliphatic rings. The topological polar surface area (TPSA) is 86.8 Å². The maximum Gasteiger partial charge on any atom is 0.254 e. The Morgan fingerprint density at radius 3 is 1.93 bits per heavy atom. The van der Waals surface area contributed by atoms with Crippen LogP contribution in [0.25, 0.3) is 0 Å². The van der Waals surface area contributed by atoms with Crippen molar-refractivity contribution in [2.75, 3.05) is 13.1 Å². The van der Waals surface area contributed by atoms with Crippen LogP contribution in [-0.4, -0.2) is 64.5 Å². The molecule has 6 rings (SSSR count). The zero-order valence-corrected chi connectivity index (χ0v) is 24.4. The van der Waals surface area contributed by atoms with Crippen LogP contribution in [0.15, 0.2) is 91.0 Å². The standard InChI is InChI=1S/C36H39N3O4/c40-31-24-39(35(42)28-19-11-4-12-20-28)30-21-22-38(33(30)31)36(43)29(23-25-13-5-1-6-14-25)37-34(41)32(26-15-7-2-8-16-26)27-17-9-3-10-18-27/h2-4,7-12,15-20,25,29-30,32-33H,1,5-6,13-14,21-24H2,(H,37,41)/t29-,30+,33?/m0/s1. The average Bonchev–Trinajstić information content (AvgIpc) is 3.63. The lowest BCUT2D eigenvalue weighted by Crippen LogP contribution is -2.53. The number of carbonyl (C=O) groups excluding carboxylic acids is 4. The number of nitrogens with one attached hydrogen (secondary N) is 1. The van der Waals surface area contributed by atoms with Gasteiger partial charge < -0.3 is 15.1 Å². The van der Waals surface area contributed by atoms with Crippen molar-refractivity contribution in [3.63, 3.8) is 0 Å². The second kappa shape index (κ2) is 12.9. The first-order chi connectivity index (χ1) is 21.0. The number of benzene rings is 3. The fourth-order valence-electron chi connectivity index (χ4n) is 7.30. The van der Waals surface area contributed by atoms with E-state index in [0.717, 1.165) is 36.8 Å². The first kappa shape index (κ1) is 28.8. The Balaban J connectivity index is 1.25. The predicted octanol–water partition coefficient (Wildman–Crippen LogP) is 4.97. The summed E-state index contributed by atoms with van der Waals surface area (Å²) in [5.41, 5.74) is 2.26. The normalized spacial score (nSPS) is 21.1. The molecule has 3 aromatic carbocycles. The highest BCUT2D eigenvalue weighted by Gasteiger charge is 2.52.